The van der Waals surface area contributed by atoms with Crippen LogP contribution >= 0.6 is 0 Å². The van der Waals surface area contributed by atoms with E-state index in [1.807, 2.05) is 41.8 Å². The number of carbonyl (C=O) groups excluding carboxylic acids is 2. The van der Waals surface area contributed by atoms with Crippen molar-refractivity contribution in [1.82, 2.24) is 25.0 Å². The quantitative estimate of drug-likeness (QED) is 0.499. The van der Waals surface area contributed by atoms with Crippen LogP contribution in [-0.2, 0) is 0 Å². The standard InChI is InChI=1S/C23H20FN5O2/c1-15-12-20(16(2)29(15)19-10-8-17(24)9-11-19)22(30)26-27-23(31)21-13-25-14-28(21)18-6-4-3-5-7-18/h3-14H,1-2H3,(H,26,30)(H,27,31). The lowest BCUT2D eigenvalue weighted by atomic mass is 10.2. The van der Waals surface area contributed by atoms with Crippen molar-refractivity contribution < 1.29 is 14.0 Å². The Balaban J connectivity index is 1.50. The van der Waals surface area contributed by atoms with Gasteiger partial charge in [-0.25, -0.2) is 9.37 Å². The molecule has 156 valence electrons. The molecule has 0 spiro atoms. The first-order valence-electron chi connectivity index (χ1n) is 9.59. The first-order valence-corrected chi connectivity index (χ1v) is 9.59. The van der Waals surface area contributed by atoms with Crippen molar-refractivity contribution in [1.29, 1.82) is 0 Å². The van der Waals surface area contributed by atoms with Crippen LogP contribution in [0.3, 0.4) is 0 Å². The van der Waals surface area contributed by atoms with E-state index in [4.69, 9.17) is 0 Å². The highest BCUT2D eigenvalue weighted by molar-refractivity contribution is 5.99. The number of imidazole rings is 1. The second-order valence-electron chi connectivity index (χ2n) is 6.99. The van der Waals surface area contributed by atoms with Gasteiger partial charge in [-0.2, -0.15) is 0 Å². The SMILES string of the molecule is Cc1cc(C(=O)NNC(=O)c2cncn2-c2ccccc2)c(C)n1-c1ccc(F)cc1. The Bertz CT molecular complexity index is 1240. The van der Waals surface area contributed by atoms with E-state index in [0.29, 0.717) is 11.3 Å². The molecule has 0 unspecified atom stereocenters. The zero-order valence-corrected chi connectivity index (χ0v) is 17.0. The minimum atomic E-state index is -0.498. The Morgan fingerprint density at radius 3 is 2.29 bits per heavy atom. The van der Waals surface area contributed by atoms with Gasteiger partial charge in [0.15, 0.2) is 0 Å². The number of aromatic nitrogens is 3. The van der Waals surface area contributed by atoms with Crippen LogP contribution in [0.4, 0.5) is 4.39 Å². The lowest BCUT2D eigenvalue weighted by Gasteiger charge is -2.11. The van der Waals surface area contributed by atoms with Crippen LogP contribution in [0.5, 0.6) is 0 Å². The lowest BCUT2D eigenvalue weighted by Crippen LogP contribution is -2.42. The van der Waals surface area contributed by atoms with Crippen molar-refractivity contribution in [2.45, 2.75) is 13.8 Å². The molecule has 0 aliphatic rings. The molecule has 0 aliphatic heterocycles. The summed E-state index contributed by atoms with van der Waals surface area (Å²) < 4.78 is 16.7. The van der Waals surface area contributed by atoms with Crippen molar-refractivity contribution in [2.24, 2.45) is 0 Å². The summed E-state index contributed by atoms with van der Waals surface area (Å²) in [5.41, 5.74) is 8.57. The number of amides is 2. The van der Waals surface area contributed by atoms with Crippen molar-refractivity contribution >= 4 is 11.8 Å². The summed E-state index contributed by atoms with van der Waals surface area (Å²) >= 11 is 0. The van der Waals surface area contributed by atoms with Gasteiger partial charge in [0.05, 0.1) is 18.1 Å². The number of hydrazine groups is 1. The number of benzene rings is 2. The highest BCUT2D eigenvalue weighted by Gasteiger charge is 2.19. The van der Waals surface area contributed by atoms with Gasteiger partial charge in [-0.1, -0.05) is 18.2 Å². The summed E-state index contributed by atoms with van der Waals surface area (Å²) in [5.74, 6) is -1.29. The molecule has 4 rings (SSSR count). The minimum Gasteiger partial charge on any atom is -0.318 e. The summed E-state index contributed by atoms with van der Waals surface area (Å²) in [7, 11) is 0. The number of halogens is 1. The second kappa shape index (κ2) is 8.27. The Morgan fingerprint density at radius 2 is 1.58 bits per heavy atom. The number of para-hydroxylation sites is 1. The van der Waals surface area contributed by atoms with E-state index in [1.165, 1.54) is 24.7 Å². The summed E-state index contributed by atoms with van der Waals surface area (Å²) in [6.07, 6.45) is 2.96. The smallest absolute Gasteiger partial charge is 0.288 e. The summed E-state index contributed by atoms with van der Waals surface area (Å²) in [6, 6.07) is 17.0. The summed E-state index contributed by atoms with van der Waals surface area (Å²) in [5, 5.41) is 0. The van der Waals surface area contributed by atoms with Gasteiger partial charge in [0, 0.05) is 22.8 Å². The van der Waals surface area contributed by atoms with Gasteiger partial charge >= 0.3 is 0 Å². The number of nitrogens with zero attached hydrogens (tertiary/aromatic N) is 3. The van der Waals surface area contributed by atoms with Crippen LogP contribution in [0, 0.1) is 19.7 Å². The van der Waals surface area contributed by atoms with E-state index in [0.717, 1.165) is 17.1 Å². The zero-order valence-electron chi connectivity index (χ0n) is 17.0. The molecule has 0 saturated carbocycles. The van der Waals surface area contributed by atoms with E-state index < -0.39 is 11.8 Å². The average Bonchev–Trinajstić information content (AvgIpc) is 3.38. The molecule has 2 N–H and O–H groups in total. The Morgan fingerprint density at radius 1 is 0.903 bits per heavy atom. The van der Waals surface area contributed by atoms with Crippen molar-refractivity contribution in [3.8, 4) is 11.4 Å². The molecule has 31 heavy (non-hydrogen) atoms. The van der Waals surface area contributed by atoms with E-state index in [-0.39, 0.29) is 11.5 Å². The fraction of sp³-hybridized carbons (Fsp3) is 0.0870. The molecule has 8 heteroatoms. The highest BCUT2D eigenvalue weighted by atomic mass is 19.1. The third-order valence-electron chi connectivity index (χ3n) is 4.96. The third-order valence-corrected chi connectivity index (χ3v) is 4.96. The van der Waals surface area contributed by atoms with E-state index in [9.17, 15) is 14.0 Å². The monoisotopic (exact) mass is 417 g/mol. The molecular formula is C23H20FN5O2. The van der Waals surface area contributed by atoms with Crippen molar-refractivity contribution in [3.05, 3.63) is 102 Å². The maximum Gasteiger partial charge on any atom is 0.288 e. The van der Waals surface area contributed by atoms with Gasteiger partial charge in [0.25, 0.3) is 11.8 Å². The number of aryl methyl sites for hydroxylation is 1. The number of nitrogens with one attached hydrogen (secondary N) is 2. The normalized spacial score (nSPS) is 10.7. The molecule has 2 aromatic heterocycles. The fourth-order valence-electron chi connectivity index (χ4n) is 3.48. The first-order chi connectivity index (χ1) is 15.0. The number of carbonyl (C=O) groups is 2. The van der Waals surface area contributed by atoms with E-state index >= 15 is 0 Å². The first kappa shape index (κ1) is 20.1. The van der Waals surface area contributed by atoms with Crippen LogP contribution < -0.4 is 10.9 Å². The van der Waals surface area contributed by atoms with E-state index in [2.05, 4.69) is 15.8 Å². The number of hydrogen-bond donors (Lipinski definition) is 2. The van der Waals surface area contributed by atoms with Gasteiger partial charge in [0.1, 0.15) is 11.5 Å². The van der Waals surface area contributed by atoms with Crippen LogP contribution in [-0.4, -0.2) is 25.9 Å². The Labute approximate surface area is 178 Å². The Kier molecular flexibility index (Phi) is 5.36. The predicted octanol–water partition coefficient (Wildman–Crippen LogP) is 3.49. The molecule has 0 aliphatic carbocycles. The number of hydrogen-bond acceptors (Lipinski definition) is 3. The molecule has 0 atom stereocenters. The van der Waals surface area contributed by atoms with Gasteiger partial charge in [0.2, 0.25) is 0 Å². The summed E-state index contributed by atoms with van der Waals surface area (Å²) in [6.45, 7) is 3.64. The predicted molar refractivity (Wildman–Crippen MR) is 114 cm³/mol. The van der Waals surface area contributed by atoms with Gasteiger partial charge in [-0.05, 0) is 56.3 Å². The lowest BCUT2D eigenvalue weighted by molar-refractivity contribution is 0.0842. The highest BCUT2D eigenvalue weighted by Crippen LogP contribution is 2.21. The third kappa shape index (κ3) is 3.95. The van der Waals surface area contributed by atoms with Crippen LogP contribution in [0.2, 0.25) is 0 Å². The zero-order chi connectivity index (χ0) is 22.0. The molecule has 0 bridgehead atoms. The van der Waals surface area contributed by atoms with Crippen molar-refractivity contribution in [2.75, 3.05) is 0 Å². The average molecular weight is 417 g/mol. The topological polar surface area (TPSA) is 81.0 Å². The molecule has 0 fully saturated rings. The second-order valence-corrected chi connectivity index (χ2v) is 6.99. The Hall–Kier alpha value is -4.20. The summed E-state index contributed by atoms with van der Waals surface area (Å²) in [4.78, 5) is 29.4. The van der Waals surface area contributed by atoms with E-state index in [1.54, 1.807) is 29.7 Å². The maximum atomic E-state index is 13.2. The molecular weight excluding hydrogens is 397 g/mol. The van der Waals surface area contributed by atoms with Gasteiger partial charge in [-0.15, -0.1) is 0 Å². The van der Waals surface area contributed by atoms with Gasteiger partial charge in [-0.3, -0.25) is 25.0 Å². The number of rotatable bonds is 4. The maximum absolute atomic E-state index is 13.2. The molecule has 2 heterocycles. The molecule has 2 aromatic carbocycles. The van der Waals surface area contributed by atoms with Gasteiger partial charge < -0.3 is 4.57 Å². The molecule has 0 saturated heterocycles. The van der Waals surface area contributed by atoms with Crippen molar-refractivity contribution in [3.63, 3.8) is 0 Å². The van der Waals surface area contributed by atoms with Crippen LogP contribution in [0.25, 0.3) is 11.4 Å². The fourth-order valence-corrected chi connectivity index (χ4v) is 3.48. The van der Waals surface area contributed by atoms with Crippen LogP contribution in [0.1, 0.15) is 32.2 Å². The molecule has 7 nitrogen and oxygen atoms in total. The molecule has 2 amide bonds. The largest absolute Gasteiger partial charge is 0.318 e. The molecule has 0 radical (unpaired) electrons. The minimum absolute atomic E-state index is 0.281. The molecule has 4 aromatic rings. The van der Waals surface area contributed by atoms with Crippen LogP contribution in [0.15, 0.2) is 73.2 Å².